The predicted octanol–water partition coefficient (Wildman–Crippen LogP) is 5.53. The normalized spacial score (nSPS) is 11.6. The smallest absolute Gasteiger partial charge is 0.347 e. The predicted molar refractivity (Wildman–Crippen MR) is 118 cm³/mol. The second-order valence-corrected chi connectivity index (χ2v) is 7.61. The van der Waals surface area contributed by atoms with E-state index >= 15 is 0 Å². The summed E-state index contributed by atoms with van der Waals surface area (Å²) >= 11 is 0. The van der Waals surface area contributed by atoms with E-state index in [1.807, 2.05) is 0 Å². The van der Waals surface area contributed by atoms with Crippen molar-refractivity contribution >= 4 is 11.9 Å². The molecule has 0 N–H and O–H groups in total. The number of esters is 2. The van der Waals surface area contributed by atoms with Crippen LogP contribution in [0.15, 0.2) is 54.6 Å². The molecule has 0 aromatic heterocycles. The number of carbonyl (C=O) groups is 2. The fourth-order valence-corrected chi connectivity index (χ4v) is 3.40. The molecule has 1 unspecified atom stereocenters. The Balaban J connectivity index is 1.70. The van der Waals surface area contributed by atoms with Crippen molar-refractivity contribution in [3.8, 4) is 16.9 Å². The number of hydrogen-bond acceptors (Lipinski definition) is 5. The molecule has 5 nitrogen and oxygen atoms in total. The van der Waals surface area contributed by atoms with Gasteiger partial charge in [0.05, 0.1) is 0 Å². The number of halogens is 4. The summed E-state index contributed by atoms with van der Waals surface area (Å²) in [5, 5.41) is 0. The minimum atomic E-state index is -1.16. The first-order valence-electron chi connectivity index (χ1n) is 10.6. The van der Waals surface area contributed by atoms with Gasteiger partial charge in [-0.05, 0) is 65.9 Å². The molecule has 35 heavy (non-hydrogen) atoms. The van der Waals surface area contributed by atoms with E-state index in [0.29, 0.717) is 11.1 Å². The second kappa shape index (κ2) is 11.5. The summed E-state index contributed by atoms with van der Waals surface area (Å²) in [7, 11) is 0. The molecular weight excluding hydrogens is 468 g/mol. The lowest BCUT2D eigenvalue weighted by Gasteiger charge is -2.14. The van der Waals surface area contributed by atoms with Crippen LogP contribution in [0.3, 0.4) is 0 Å². The molecule has 0 heterocycles. The Morgan fingerprint density at radius 2 is 1.57 bits per heavy atom. The molecule has 0 saturated heterocycles. The Kier molecular flexibility index (Phi) is 8.46. The highest BCUT2D eigenvalue weighted by atomic mass is 19.1. The quantitative estimate of drug-likeness (QED) is 0.224. The Hall–Kier alpha value is -3.88. The number of rotatable bonds is 9. The van der Waals surface area contributed by atoms with Crippen LogP contribution in [0.2, 0.25) is 0 Å². The highest BCUT2D eigenvalue weighted by Crippen LogP contribution is 2.27. The van der Waals surface area contributed by atoms with E-state index in [4.69, 9.17) is 9.47 Å². The summed E-state index contributed by atoms with van der Waals surface area (Å²) in [6, 6.07) is 12.0. The molecule has 0 aliphatic rings. The van der Waals surface area contributed by atoms with E-state index in [-0.39, 0.29) is 24.0 Å². The highest BCUT2D eigenvalue weighted by Gasteiger charge is 2.18. The third-order valence-corrected chi connectivity index (χ3v) is 4.97. The lowest BCUT2D eigenvalue weighted by Crippen LogP contribution is -2.24. The molecule has 0 radical (unpaired) electrons. The third kappa shape index (κ3) is 7.05. The number of carbonyl (C=O) groups excluding carboxylic acids is 2. The van der Waals surface area contributed by atoms with Crippen molar-refractivity contribution in [3.63, 3.8) is 0 Å². The van der Waals surface area contributed by atoms with E-state index < -0.39 is 53.9 Å². The Morgan fingerprint density at radius 1 is 0.857 bits per heavy atom. The molecule has 3 rings (SSSR count). The zero-order valence-corrected chi connectivity index (χ0v) is 18.9. The standard InChI is InChI=1S/C26H22F4O5/c1-15(31)34-16(2)35-25(32)14-33-24-11-10-23(29)21(26(24)30)8-6-19-12-18(7-9-22(19)28)17-4-3-5-20(27)13-17/h3-5,7,9-13,16H,6,8,14H2,1-2H3. The maximum atomic E-state index is 14.9. The van der Waals surface area contributed by atoms with E-state index in [2.05, 4.69) is 4.74 Å². The first-order chi connectivity index (χ1) is 16.6. The van der Waals surface area contributed by atoms with Gasteiger partial charge in [0.2, 0.25) is 6.29 Å². The SMILES string of the molecule is CC(=O)OC(C)OC(=O)COc1ccc(F)c(CCc2cc(-c3cccc(F)c3)ccc2F)c1F. The zero-order valence-electron chi connectivity index (χ0n) is 18.9. The molecular formula is C26H22F4O5. The van der Waals surface area contributed by atoms with Crippen LogP contribution in [0, 0.1) is 23.3 Å². The summed E-state index contributed by atoms with van der Waals surface area (Å²) in [4.78, 5) is 22.6. The fraction of sp³-hybridized carbons (Fsp3) is 0.231. The fourth-order valence-electron chi connectivity index (χ4n) is 3.40. The molecule has 3 aromatic carbocycles. The number of aryl methyl sites for hydroxylation is 1. The summed E-state index contributed by atoms with van der Waals surface area (Å²) in [5.41, 5.74) is 0.939. The first kappa shape index (κ1) is 25.7. The van der Waals surface area contributed by atoms with Crippen LogP contribution in [0.4, 0.5) is 17.6 Å². The minimum Gasteiger partial charge on any atom is -0.479 e. The summed E-state index contributed by atoms with van der Waals surface area (Å²) < 4.78 is 71.7. The van der Waals surface area contributed by atoms with Gasteiger partial charge in [-0.1, -0.05) is 18.2 Å². The number of ether oxygens (including phenoxy) is 3. The lowest BCUT2D eigenvalue weighted by atomic mass is 9.98. The molecule has 0 aliphatic carbocycles. The summed E-state index contributed by atoms with van der Waals surface area (Å²) in [5.74, 6) is -4.89. The van der Waals surface area contributed by atoms with Gasteiger partial charge in [-0.3, -0.25) is 4.79 Å². The molecule has 1 atom stereocenters. The van der Waals surface area contributed by atoms with Crippen LogP contribution in [-0.2, 0) is 31.9 Å². The maximum Gasteiger partial charge on any atom is 0.347 e. The molecule has 9 heteroatoms. The van der Waals surface area contributed by atoms with Gasteiger partial charge in [-0.25, -0.2) is 22.4 Å². The Morgan fingerprint density at radius 3 is 2.29 bits per heavy atom. The van der Waals surface area contributed by atoms with Gasteiger partial charge in [0, 0.05) is 19.4 Å². The molecule has 0 fully saturated rings. The largest absolute Gasteiger partial charge is 0.479 e. The highest BCUT2D eigenvalue weighted by molar-refractivity contribution is 5.72. The van der Waals surface area contributed by atoms with Crippen molar-refractivity contribution in [2.45, 2.75) is 33.0 Å². The van der Waals surface area contributed by atoms with Crippen LogP contribution in [0.5, 0.6) is 5.75 Å². The second-order valence-electron chi connectivity index (χ2n) is 7.61. The zero-order chi connectivity index (χ0) is 25.5. The van der Waals surface area contributed by atoms with Crippen molar-refractivity contribution < 1.29 is 41.4 Å². The van der Waals surface area contributed by atoms with E-state index in [0.717, 1.165) is 19.1 Å². The van der Waals surface area contributed by atoms with Crippen molar-refractivity contribution in [1.29, 1.82) is 0 Å². The van der Waals surface area contributed by atoms with E-state index in [1.165, 1.54) is 43.3 Å². The van der Waals surface area contributed by atoms with Gasteiger partial charge in [0.15, 0.2) is 18.2 Å². The summed E-state index contributed by atoms with van der Waals surface area (Å²) in [6.07, 6.45) is -1.41. The molecule has 0 aliphatic heterocycles. The average Bonchev–Trinajstić information content (AvgIpc) is 2.79. The van der Waals surface area contributed by atoms with Crippen molar-refractivity contribution in [2.24, 2.45) is 0 Å². The Bertz CT molecular complexity index is 1230. The van der Waals surface area contributed by atoms with Gasteiger partial charge >= 0.3 is 11.9 Å². The van der Waals surface area contributed by atoms with Gasteiger partial charge in [0.25, 0.3) is 0 Å². The third-order valence-electron chi connectivity index (χ3n) is 4.97. The van der Waals surface area contributed by atoms with E-state index in [9.17, 15) is 27.2 Å². The van der Waals surface area contributed by atoms with Crippen molar-refractivity contribution in [2.75, 3.05) is 6.61 Å². The van der Waals surface area contributed by atoms with E-state index in [1.54, 1.807) is 6.07 Å². The van der Waals surface area contributed by atoms with Crippen LogP contribution >= 0.6 is 0 Å². The van der Waals surface area contributed by atoms with Gasteiger partial charge in [-0.15, -0.1) is 0 Å². The van der Waals surface area contributed by atoms with Crippen LogP contribution < -0.4 is 4.74 Å². The van der Waals surface area contributed by atoms with Crippen LogP contribution in [0.25, 0.3) is 11.1 Å². The topological polar surface area (TPSA) is 61.8 Å². The first-order valence-corrected chi connectivity index (χ1v) is 10.6. The van der Waals surface area contributed by atoms with Gasteiger partial charge in [-0.2, -0.15) is 0 Å². The van der Waals surface area contributed by atoms with Crippen molar-refractivity contribution in [1.82, 2.24) is 0 Å². The van der Waals surface area contributed by atoms with Crippen LogP contribution in [-0.4, -0.2) is 24.8 Å². The van der Waals surface area contributed by atoms with Crippen LogP contribution in [0.1, 0.15) is 25.0 Å². The molecule has 0 spiro atoms. The van der Waals surface area contributed by atoms with Gasteiger partial charge in [0.1, 0.15) is 17.5 Å². The van der Waals surface area contributed by atoms with Crippen molar-refractivity contribution in [3.05, 3.63) is 89.0 Å². The maximum absolute atomic E-state index is 14.9. The average molecular weight is 490 g/mol. The minimum absolute atomic E-state index is 0.0474. The molecule has 184 valence electrons. The van der Waals surface area contributed by atoms with Gasteiger partial charge < -0.3 is 14.2 Å². The molecule has 0 amide bonds. The number of hydrogen-bond donors (Lipinski definition) is 0. The Labute approximate surface area is 199 Å². The molecule has 3 aromatic rings. The lowest BCUT2D eigenvalue weighted by molar-refractivity contribution is -0.184. The molecule has 0 bridgehead atoms. The molecule has 0 saturated carbocycles. The monoisotopic (exact) mass is 490 g/mol. The summed E-state index contributed by atoms with van der Waals surface area (Å²) in [6.45, 7) is 1.75. The number of benzene rings is 3.